The third-order valence-electron chi connectivity index (χ3n) is 3.03. The van der Waals surface area contributed by atoms with Gasteiger partial charge in [0.1, 0.15) is 5.60 Å². The third kappa shape index (κ3) is 9.32. The molecule has 1 unspecified atom stereocenters. The molecule has 0 aromatic rings. The van der Waals surface area contributed by atoms with E-state index >= 15 is 0 Å². The second-order valence-corrected chi connectivity index (χ2v) is 6.34. The highest BCUT2D eigenvalue weighted by molar-refractivity contribution is 14.0. The fraction of sp³-hybridized carbons (Fsp3) is 0.867. The molecule has 0 aliphatic heterocycles. The van der Waals surface area contributed by atoms with Crippen molar-refractivity contribution in [2.75, 3.05) is 19.6 Å². The van der Waals surface area contributed by atoms with Gasteiger partial charge in [-0.05, 0) is 53.4 Å². The van der Waals surface area contributed by atoms with Crippen molar-refractivity contribution in [2.45, 2.75) is 59.1 Å². The molecule has 0 saturated heterocycles. The Balaban J connectivity index is 0.00000441. The van der Waals surface area contributed by atoms with Crippen LogP contribution < -0.4 is 16.0 Å². The van der Waals surface area contributed by atoms with E-state index in [0.717, 1.165) is 31.9 Å². The predicted octanol–water partition coefficient (Wildman–Crippen LogP) is 2.48. The molecule has 7 heteroatoms. The molecule has 1 aliphatic rings. The van der Waals surface area contributed by atoms with Gasteiger partial charge in [-0.1, -0.05) is 0 Å². The van der Waals surface area contributed by atoms with Gasteiger partial charge in [0.25, 0.3) is 0 Å². The standard InChI is InChI=1S/C15H30N4O2.HI/c1-6-16-13(17-7-2)18-10-12(11-8-9-11)19-14(20)21-15(3,4)5;/h11-12H,6-10H2,1-5H3,(H,19,20)(H2,16,17,18);1H. The van der Waals surface area contributed by atoms with Crippen molar-refractivity contribution in [3.63, 3.8) is 0 Å². The minimum atomic E-state index is -0.472. The summed E-state index contributed by atoms with van der Waals surface area (Å²) in [5.74, 6) is 1.31. The maximum Gasteiger partial charge on any atom is 0.407 e. The Morgan fingerprint density at radius 3 is 2.18 bits per heavy atom. The van der Waals surface area contributed by atoms with Crippen LogP contribution in [0.1, 0.15) is 47.5 Å². The molecule has 0 bridgehead atoms. The minimum Gasteiger partial charge on any atom is -0.444 e. The van der Waals surface area contributed by atoms with E-state index < -0.39 is 5.60 Å². The number of guanidine groups is 1. The number of halogens is 1. The highest BCUT2D eigenvalue weighted by Gasteiger charge is 2.33. The number of amides is 1. The molecule has 1 aliphatic carbocycles. The molecule has 0 aromatic carbocycles. The molecule has 1 rings (SSSR count). The summed E-state index contributed by atoms with van der Waals surface area (Å²) in [5, 5.41) is 9.32. The Morgan fingerprint density at radius 2 is 1.77 bits per heavy atom. The summed E-state index contributed by atoms with van der Waals surface area (Å²) in [6.45, 7) is 11.9. The van der Waals surface area contributed by atoms with Gasteiger partial charge in [0.05, 0.1) is 12.6 Å². The molecule has 1 amide bonds. The lowest BCUT2D eigenvalue weighted by molar-refractivity contribution is 0.0500. The molecular weight excluding hydrogens is 395 g/mol. The van der Waals surface area contributed by atoms with Crippen LogP contribution in [0.25, 0.3) is 0 Å². The lowest BCUT2D eigenvalue weighted by Crippen LogP contribution is -2.43. The Morgan fingerprint density at radius 1 is 1.23 bits per heavy atom. The van der Waals surface area contributed by atoms with E-state index in [1.165, 1.54) is 0 Å². The summed E-state index contributed by atoms with van der Waals surface area (Å²) in [7, 11) is 0. The van der Waals surface area contributed by atoms with Crippen LogP contribution in [0, 0.1) is 5.92 Å². The lowest BCUT2D eigenvalue weighted by atomic mass is 10.2. The lowest BCUT2D eigenvalue weighted by Gasteiger charge is -2.23. The zero-order valence-electron chi connectivity index (χ0n) is 14.4. The second kappa shape index (κ2) is 10.1. The van der Waals surface area contributed by atoms with Gasteiger partial charge in [0, 0.05) is 13.1 Å². The Labute approximate surface area is 151 Å². The SMILES string of the molecule is CCNC(=NCC(NC(=O)OC(C)(C)C)C1CC1)NCC.I. The van der Waals surface area contributed by atoms with Gasteiger partial charge >= 0.3 is 6.09 Å². The zero-order chi connectivity index (χ0) is 15.9. The number of hydrogen-bond acceptors (Lipinski definition) is 3. The normalized spacial score (nSPS) is 15.1. The monoisotopic (exact) mass is 426 g/mol. The zero-order valence-corrected chi connectivity index (χ0v) is 16.7. The molecule has 130 valence electrons. The van der Waals surface area contributed by atoms with Crippen molar-refractivity contribution in [1.82, 2.24) is 16.0 Å². The number of rotatable bonds is 6. The fourth-order valence-corrected chi connectivity index (χ4v) is 1.97. The van der Waals surface area contributed by atoms with Crippen LogP contribution in [0.2, 0.25) is 0 Å². The van der Waals surface area contributed by atoms with E-state index in [2.05, 4.69) is 20.9 Å². The second-order valence-electron chi connectivity index (χ2n) is 6.34. The van der Waals surface area contributed by atoms with Crippen LogP contribution >= 0.6 is 24.0 Å². The van der Waals surface area contributed by atoms with Crippen molar-refractivity contribution < 1.29 is 9.53 Å². The van der Waals surface area contributed by atoms with E-state index in [1.54, 1.807) is 0 Å². The quantitative estimate of drug-likeness (QED) is 0.347. The first kappa shape index (κ1) is 21.3. The van der Waals surface area contributed by atoms with E-state index in [1.807, 2.05) is 34.6 Å². The summed E-state index contributed by atoms with van der Waals surface area (Å²) in [4.78, 5) is 16.4. The first-order valence-electron chi connectivity index (χ1n) is 7.87. The maximum absolute atomic E-state index is 11.9. The number of alkyl carbamates (subject to hydrolysis) is 1. The summed E-state index contributed by atoms with van der Waals surface area (Å²) in [5.41, 5.74) is -0.472. The summed E-state index contributed by atoms with van der Waals surface area (Å²) >= 11 is 0. The predicted molar refractivity (Wildman–Crippen MR) is 101 cm³/mol. The van der Waals surface area contributed by atoms with E-state index in [4.69, 9.17) is 4.74 Å². The van der Waals surface area contributed by atoms with E-state index in [-0.39, 0.29) is 36.1 Å². The summed E-state index contributed by atoms with van der Waals surface area (Å²) in [6, 6.07) is 0.0483. The van der Waals surface area contributed by atoms with Gasteiger partial charge < -0.3 is 20.7 Å². The minimum absolute atomic E-state index is 0. The Bertz CT molecular complexity index is 357. The van der Waals surface area contributed by atoms with Crippen molar-refractivity contribution in [2.24, 2.45) is 10.9 Å². The van der Waals surface area contributed by atoms with Gasteiger partial charge in [0.15, 0.2) is 5.96 Å². The molecule has 0 heterocycles. The topological polar surface area (TPSA) is 74.8 Å². The summed E-state index contributed by atoms with van der Waals surface area (Å²) in [6.07, 6.45) is 1.93. The molecule has 6 nitrogen and oxygen atoms in total. The Kier molecular flexibility index (Phi) is 9.79. The molecule has 0 aromatic heterocycles. The fourth-order valence-electron chi connectivity index (χ4n) is 1.97. The van der Waals surface area contributed by atoms with Crippen LogP contribution in [0.15, 0.2) is 4.99 Å². The molecule has 0 radical (unpaired) electrons. The van der Waals surface area contributed by atoms with Crippen LogP contribution in [-0.2, 0) is 4.74 Å². The van der Waals surface area contributed by atoms with Crippen molar-refractivity contribution >= 4 is 36.0 Å². The van der Waals surface area contributed by atoms with Crippen LogP contribution in [0.4, 0.5) is 4.79 Å². The van der Waals surface area contributed by atoms with Crippen molar-refractivity contribution in [3.05, 3.63) is 0 Å². The van der Waals surface area contributed by atoms with Gasteiger partial charge in [-0.25, -0.2) is 4.79 Å². The van der Waals surface area contributed by atoms with Crippen molar-refractivity contribution in [1.29, 1.82) is 0 Å². The first-order chi connectivity index (χ1) is 9.85. The highest BCUT2D eigenvalue weighted by atomic mass is 127. The molecule has 1 fully saturated rings. The average Bonchev–Trinajstić information content (AvgIpc) is 3.16. The molecule has 3 N–H and O–H groups in total. The number of nitrogens with one attached hydrogen (secondary N) is 3. The smallest absolute Gasteiger partial charge is 0.407 e. The largest absolute Gasteiger partial charge is 0.444 e. The van der Waals surface area contributed by atoms with Crippen molar-refractivity contribution in [3.8, 4) is 0 Å². The average molecular weight is 426 g/mol. The molecule has 0 spiro atoms. The van der Waals surface area contributed by atoms with Crippen LogP contribution in [-0.4, -0.2) is 43.3 Å². The molecule has 1 atom stereocenters. The highest BCUT2D eigenvalue weighted by Crippen LogP contribution is 2.32. The summed E-state index contributed by atoms with van der Waals surface area (Å²) < 4.78 is 5.32. The molecular formula is C15H31IN4O2. The van der Waals surface area contributed by atoms with Gasteiger partial charge in [-0.3, -0.25) is 4.99 Å². The molecule has 1 saturated carbocycles. The van der Waals surface area contributed by atoms with Gasteiger partial charge in [-0.15, -0.1) is 24.0 Å². The number of carbonyl (C=O) groups is 1. The number of hydrogen-bond donors (Lipinski definition) is 3. The van der Waals surface area contributed by atoms with E-state index in [0.29, 0.717) is 12.5 Å². The number of aliphatic imine (C=N–C) groups is 1. The van der Waals surface area contributed by atoms with Crippen LogP contribution in [0.3, 0.4) is 0 Å². The Hall–Kier alpha value is -0.730. The maximum atomic E-state index is 11.9. The van der Waals surface area contributed by atoms with Gasteiger partial charge in [-0.2, -0.15) is 0 Å². The van der Waals surface area contributed by atoms with Gasteiger partial charge in [0.2, 0.25) is 0 Å². The van der Waals surface area contributed by atoms with Crippen LogP contribution in [0.5, 0.6) is 0 Å². The number of nitrogens with zero attached hydrogens (tertiary/aromatic N) is 1. The van der Waals surface area contributed by atoms with E-state index in [9.17, 15) is 4.79 Å². The first-order valence-corrected chi connectivity index (χ1v) is 7.87. The number of carbonyl (C=O) groups excluding carboxylic acids is 1. The third-order valence-corrected chi connectivity index (χ3v) is 3.03. The number of ether oxygens (including phenoxy) is 1. The molecule has 22 heavy (non-hydrogen) atoms.